The van der Waals surface area contributed by atoms with Crippen molar-refractivity contribution >= 4 is 34.8 Å². The molecule has 1 aromatic carbocycles. The zero-order valence-corrected chi connectivity index (χ0v) is 11.7. The van der Waals surface area contributed by atoms with Crippen molar-refractivity contribution in [2.24, 2.45) is 5.41 Å². The molecule has 106 valence electrons. The van der Waals surface area contributed by atoms with Gasteiger partial charge >= 0.3 is 6.18 Å². The molecular formula is C12H12Cl2F3NO. The van der Waals surface area contributed by atoms with Crippen LogP contribution in [0.4, 0.5) is 18.9 Å². The Labute approximate surface area is 118 Å². The van der Waals surface area contributed by atoms with E-state index in [-0.39, 0.29) is 11.6 Å². The Balaban J connectivity index is 3.02. The second kappa shape index (κ2) is 5.59. The quantitative estimate of drug-likeness (QED) is 0.814. The van der Waals surface area contributed by atoms with Gasteiger partial charge < -0.3 is 5.32 Å². The predicted octanol–water partition coefficient (Wildman–Crippen LogP) is 4.56. The summed E-state index contributed by atoms with van der Waals surface area (Å²) in [4.78, 5) is 11.8. The Morgan fingerprint density at radius 2 is 1.89 bits per heavy atom. The third-order valence-electron chi connectivity index (χ3n) is 2.48. The van der Waals surface area contributed by atoms with Gasteiger partial charge in [0.2, 0.25) is 5.91 Å². The summed E-state index contributed by atoms with van der Waals surface area (Å²) in [6, 6.07) is 3.19. The molecule has 0 saturated heterocycles. The molecule has 0 heterocycles. The number of alkyl halides is 4. The molecule has 19 heavy (non-hydrogen) atoms. The minimum Gasteiger partial charge on any atom is -0.326 e. The number of carbonyl (C=O) groups excluding carboxylic acids is 1. The van der Waals surface area contributed by atoms with Crippen LogP contribution in [0.3, 0.4) is 0 Å². The molecule has 2 nitrogen and oxygen atoms in total. The standard InChI is InChI=1S/C12H12Cl2F3NO/c1-11(2,6-13)10(19)18-7-3-4-9(14)8(5-7)12(15,16)17/h3-5H,6H2,1-2H3,(H,18,19). The largest absolute Gasteiger partial charge is 0.417 e. The number of halogens is 5. The second-order valence-corrected chi connectivity index (χ2v) is 5.34. The minimum atomic E-state index is -4.57. The van der Waals surface area contributed by atoms with Crippen molar-refractivity contribution in [3.05, 3.63) is 28.8 Å². The van der Waals surface area contributed by atoms with E-state index in [1.54, 1.807) is 13.8 Å². The average Bonchev–Trinajstić information content (AvgIpc) is 2.30. The summed E-state index contributed by atoms with van der Waals surface area (Å²) in [5, 5.41) is 1.98. The number of hydrogen-bond acceptors (Lipinski definition) is 1. The fourth-order valence-corrected chi connectivity index (χ4v) is 1.53. The Morgan fingerprint density at radius 1 is 1.32 bits per heavy atom. The summed E-state index contributed by atoms with van der Waals surface area (Å²) in [7, 11) is 0. The maximum absolute atomic E-state index is 12.6. The Bertz CT molecular complexity index is 486. The molecule has 1 amide bonds. The van der Waals surface area contributed by atoms with Gasteiger partial charge in [0.05, 0.1) is 16.0 Å². The van der Waals surface area contributed by atoms with Crippen LogP contribution in [0, 0.1) is 5.41 Å². The molecule has 0 aliphatic heterocycles. The third-order valence-corrected chi connectivity index (χ3v) is 3.48. The molecule has 0 radical (unpaired) electrons. The maximum Gasteiger partial charge on any atom is 0.417 e. The predicted molar refractivity (Wildman–Crippen MR) is 69.6 cm³/mol. The first-order valence-electron chi connectivity index (χ1n) is 5.32. The summed E-state index contributed by atoms with van der Waals surface area (Å²) in [6.07, 6.45) is -4.57. The highest BCUT2D eigenvalue weighted by atomic mass is 35.5. The van der Waals surface area contributed by atoms with Crippen molar-refractivity contribution in [1.82, 2.24) is 0 Å². The minimum absolute atomic E-state index is 0.0277. The lowest BCUT2D eigenvalue weighted by atomic mass is 9.95. The van der Waals surface area contributed by atoms with E-state index < -0.39 is 28.1 Å². The third kappa shape index (κ3) is 4.01. The molecular weight excluding hydrogens is 302 g/mol. The van der Waals surface area contributed by atoms with Crippen LogP contribution in [0.2, 0.25) is 5.02 Å². The summed E-state index contributed by atoms with van der Waals surface area (Å²) in [5.41, 5.74) is -1.84. The lowest BCUT2D eigenvalue weighted by molar-refractivity contribution is -0.137. The Kier molecular flexibility index (Phi) is 4.74. The van der Waals surface area contributed by atoms with Crippen LogP contribution >= 0.6 is 23.2 Å². The van der Waals surface area contributed by atoms with E-state index in [4.69, 9.17) is 23.2 Å². The van der Waals surface area contributed by atoms with Crippen LogP contribution in [-0.2, 0) is 11.0 Å². The van der Waals surface area contributed by atoms with Gasteiger partial charge in [0.15, 0.2) is 0 Å². The van der Waals surface area contributed by atoms with Crippen molar-refractivity contribution < 1.29 is 18.0 Å². The van der Waals surface area contributed by atoms with Gasteiger partial charge in [-0.2, -0.15) is 13.2 Å². The van der Waals surface area contributed by atoms with Gasteiger partial charge in [0.1, 0.15) is 0 Å². The molecule has 0 atom stereocenters. The van der Waals surface area contributed by atoms with E-state index in [1.165, 1.54) is 6.07 Å². The summed E-state index contributed by atoms with van der Waals surface area (Å²) in [5.74, 6) is -0.406. The first-order chi connectivity index (χ1) is 8.58. The molecule has 1 N–H and O–H groups in total. The van der Waals surface area contributed by atoms with Crippen molar-refractivity contribution in [2.45, 2.75) is 20.0 Å². The van der Waals surface area contributed by atoms with E-state index in [1.807, 2.05) is 0 Å². The SMILES string of the molecule is CC(C)(CCl)C(=O)Nc1ccc(Cl)c(C(F)(F)F)c1. The zero-order chi connectivity index (χ0) is 14.8. The summed E-state index contributed by atoms with van der Waals surface area (Å²) >= 11 is 11.1. The van der Waals surface area contributed by atoms with E-state index in [0.717, 1.165) is 12.1 Å². The van der Waals surface area contributed by atoms with Gasteiger partial charge in [-0.15, -0.1) is 11.6 Å². The van der Waals surface area contributed by atoms with E-state index in [9.17, 15) is 18.0 Å². The average molecular weight is 314 g/mol. The zero-order valence-electron chi connectivity index (χ0n) is 10.2. The van der Waals surface area contributed by atoms with E-state index in [0.29, 0.717) is 0 Å². The highest BCUT2D eigenvalue weighted by Crippen LogP contribution is 2.36. The second-order valence-electron chi connectivity index (χ2n) is 4.66. The van der Waals surface area contributed by atoms with E-state index in [2.05, 4.69) is 5.32 Å². The number of rotatable bonds is 3. The molecule has 7 heteroatoms. The molecule has 0 spiro atoms. The summed E-state index contributed by atoms with van der Waals surface area (Å²) < 4.78 is 37.9. The van der Waals surface area contributed by atoms with Crippen molar-refractivity contribution in [1.29, 1.82) is 0 Å². The van der Waals surface area contributed by atoms with Crippen molar-refractivity contribution in [3.8, 4) is 0 Å². The number of carbonyl (C=O) groups is 1. The topological polar surface area (TPSA) is 29.1 Å². The lowest BCUT2D eigenvalue weighted by Gasteiger charge is -2.21. The highest BCUT2D eigenvalue weighted by Gasteiger charge is 2.34. The Morgan fingerprint density at radius 3 is 2.37 bits per heavy atom. The van der Waals surface area contributed by atoms with Crippen LogP contribution in [0.5, 0.6) is 0 Å². The van der Waals surface area contributed by atoms with Crippen LogP contribution in [0.25, 0.3) is 0 Å². The number of nitrogens with one attached hydrogen (secondary N) is 1. The fraction of sp³-hybridized carbons (Fsp3) is 0.417. The smallest absolute Gasteiger partial charge is 0.326 e. The lowest BCUT2D eigenvalue weighted by Crippen LogP contribution is -2.32. The van der Waals surface area contributed by atoms with Gasteiger partial charge in [-0.1, -0.05) is 11.6 Å². The summed E-state index contributed by atoms with van der Waals surface area (Å²) in [6.45, 7) is 3.19. The molecule has 1 rings (SSSR count). The monoisotopic (exact) mass is 313 g/mol. The van der Waals surface area contributed by atoms with E-state index >= 15 is 0 Å². The fourth-order valence-electron chi connectivity index (χ4n) is 1.18. The molecule has 1 aromatic rings. The van der Waals surface area contributed by atoms with Crippen LogP contribution in [0.1, 0.15) is 19.4 Å². The maximum atomic E-state index is 12.6. The highest BCUT2D eigenvalue weighted by molar-refractivity contribution is 6.31. The molecule has 0 bridgehead atoms. The van der Waals surface area contributed by atoms with Gasteiger partial charge in [0.25, 0.3) is 0 Å². The van der Waals surface area contributed by atoms with Crippen molar-refractivity contribution in [3.63, 3.8) is 0 Å². The number of hydrogen-bond donors (Lipinski definition) is 1. The van der Waals surface area contributed by atoms with Crippen molar-refractivity contribution in [2.75, 3.05) is 11.2 Å². The normalized spacial score (nSPS) is 12.4. The number of benzene rings is 1. The molecule has 0 fully saturated rings. The number of anilines is 1. The Hall–Kier alpha value is -0.940. The van der Waals surface area contributed by atoms with Crippen LogP contribution < -0.4 is 5.32 Å². The van der Waals surface area contributed by atoms with Gasteiger partial charge in [-0.3, -0.25) is 4.79 Å². The molecule has 0 saturated carbocycles. The molecule has 0 aromatic heterocycles. The molecule has 0 unspecified atom stereocenters. The van der Waals surface area contributed by atoms with Gasteiger partial charge in [-0.25, -0.2) is 0 Å². The van der Waals surface area contributed by atoms with Gasteiger partial charge in [-0.05, 0) is 32.0 Å². The first-order valence-corrected chi connectivity index (χ1v) is 6.23. The van der Waals surface area contributed by atoms with Crippen LogP contribution in [0.15, 0.2) is 18.2 Å². The van der Waals surface area contributed by atoms with Gasteiger partial charge in [0, 0.05) is 11.6 Å². The van der Waals surface area contributed by atoms with Crippen LogP contribution in [-0.4, -0.2) is 11.8 Å². The molecule has 0 aliphatic carbocycles. The molecule has 0 aliphatic rings. The first kappa shape index (κ1) is 16.1. The number of amides is 1.